The molecule has 1 saturated heterocycles. The summed E-state index contributed by atoms with van der Waals surface area (Å²) in [4.78, 5) is 18.9. The SMILES string of the molecule is [2H]C([2H])([2H])c1c(C(N)=O)ccc(C2=CCN(Cc3cc4c(B5OC(C)(C)C(C)(C)O5)ccnc4n3C)CC2)c1C([2H])([2H])[2H]. The standard InChI is InChI=1S/C29H37BN4O3/c1-18-19(2)23(26(31)35)9-8-22(18)20-11-14-34(15-12-20)17-21-16-24-25(10-13-32-27(24)33(21)7)30-36-28(3,4)29(5,6)37-30/h8-11,13,16H,12,14-15,17H2,1-7H3,(H2,31,35)/i1D3,2D3. The number of carbonyl (C=O) groups excluding carboxylic acids is 1. The number of fused-ring (bicyclic) bond motifs is 1. The quantitative estimate of drug-likeness (QED) is 0.532. The lowest BCUT2D eigenvalue weighted by Crippen LogP contribution is -2.41. The van der Waals surface area contributed by atoms with Crippen LogP contribution in [-0.2, 0) is 22.9 Å². The summed E-state index contributed by atoms with van der Waals surface area (Å²) in [5.41, 5.74) is 7.21. The van der Waals surface area contributed by atoms with Crippen LogP contribution >= 0.6 is 0 Å². The van der Waals surface area contributed by atoms with Gasteiger partial charge in [-0.15, -0.1) is 0 Å². The van der Waals surface area contributed by atoms with Crippen molar-refractivity contribution in [3.05, 3.63) is 64.5 Å². The normalized spacial score (nSPS) is 22.5. The molecule has 4 heterocycles. The van der Waals surface area contributed by atoms with Crippen LogP contribution in [0.25, 0.3) is 16.6 Å². The molecule has 0 unspecified atom stereocenters. The van der Waals surface area contributed by atoms with E-state index in [0.29, 0.717) is 31.6 Å². The van der Waals surface area contributed by atoms with E-state index in [9.17, 15) is 4.79 Å². The van der Waals surface area contributed by atoms with Gasteiger partial charge in [0.05, 0.1) is 11.2 Å². The van der Waals surface area contributed by atoms with Crippen molar-refractivity contribution in [2.45, 2.75) is 65.6 Å². The fourth-order valence-electron chi connectivity index (χ4n) is 5.02. The zero-order valence-electron chi connectivity index (χ0n) is 28.0. The second-order valence-electron chi connectivity index (χ2n) is 10.9. The Hall–Kier alpha value is -2.94. The number of aromatic nitrogens is 2. The van der Waals surface area contributed by atoms with Gasteiger partial charge in [0.2, 0.25) is 5.91 Å². The van der Waals surface area contributed by atoms with Crippen molar-refractivity contribution in [3.8, 4) is 0 Å². The van der Waals surface area contributed by atoms with Crippen molar-refractivity contribution >= 4 is 35.1 Å². The lowest BCUT2D eigenvalue weighted by Gasteiger charge is -2.32. The summed E-state index contributed by atoms with van der Waals surface area (Å²) in [6, 6.07) is 6.87. The van der Waals surface area contributed by atoms with Gasteiger partial charge in [-0.3, -0.25) is 9.69 Å². The van der Waals surface area contributed by atoms with E-state index < -0.39 is 43.5 Å². The smallest absolute Gasteiger partial charge is 0.399 e. The van der Waals surface area contributed by atoms with Crippen molar-refractivity contribution in [2.75, 3.05) is 13.1 Å². The van der Waals surface area contributed by atoms with Crippen LogP contribution < -0.4 is 11.2 Å². The Morgan fingerprint density at radius 3 is 2.51 bits per heavy atom. The molecule has 1 amide bonds. The molecule has 8 heteroatoms. The van der Waals surface area contributed by atoms with Gasteiger partial charge in [-0.2, -0.15) is 0 Å². The molecule has 2 aliphatic heterocycles. The Bertz CT molecular complexity index is 1610. The van der Waals surface area contributed by atoms with E-state index in [0.717, 1.165) is 27.8 Å². The number of aryl methyl sites for hydroxylation is 1. The van der Waals surface area contributed by atoms with E-state index >= 15 is 0 Å². The Kier molecular flexibility index (Phi) is 4.73. The third-order valence-corrected chi connectivity index (χ3v) is 8.07. The Morgan fingerprint density at radius 2 is 1.89 bits per heavy atom. The number of benzene rings is 1. The molecule has 2 aromatic heterocycles. The van der Waals surface area contributed by atoms with Crippen LogP contribution in [0, 0.1) is 13.7 Å². The number of nitrogens with zero attached hydrogens (tertiary/aromatic N) is 3. The summed E-state index contributed by atoms with van der Waals surface area (Å²) in [7, 11) is 1.46. The first kappa shape index (κ1) is 19.2. The molecular weight excluding hydrogens is 463 g/mol. The molecule has 1 aromatic carbocycles. The highest BCUT2D eigenvalue weighted by Crippen LogP contribution is 2.37. The first-order chi connectivity index (χ1) is 19.8. The van der Waals surface area contributed by atoms with Gasteiger partial charge < -0.3 is 19.6 Å². The fourth-order valence-corrected chi connectivity index (χ4v) is 5.02. The number of nitrogens with two attached hydrogens (primary N) is 1. The zero-order valence-corrected chi connectivity index (χ0v) is 22.0. The molecule has 1 fully saturated rings. The molecule has 0 spiro atoms. The average molecular weight is 506 g/mol. The van der Waals surface area contributed by atoms with Gasteiger partial charge in [-0.1, -0.05) is 12.1 Å². The predicted octanol–water partition coefficient (Wildman–Crippen LogP) is 3.88. The summed E-state index contributed by atoms with van der Waals surface area (Å²) < 4.78 is 63.1. The van der Waals surface area contributed by atoms with Gasteiger partial charge in [0.15, 0.2) is 0 Å². The van der Waals surface area contributed by atoms with Crippen molar-refractivity contribution in [1.82, 2.24) is 14.5 Å². The van der Waals surface area contributed by atoms with E-state index in [-0.39, 0.29) is 11.1 Å². The number of pyridine rings is 1. The lowest BCUT2D eigenvalue weighted by atomic mass is 9.78. The molecule has 7 nitrogen and oxygen atoms in total. The van der Waals surface area contributed by atoms with Crippen molar-refractivity contribution in [1.29, 1.82) is 0 Å². The third kappa shape index (κ3) is 4.41. The molecule has 0 atom stereocenters. The Morgan fingerprint density at radius 1 is 1.16 bits per heavy atom. The number of hydrogen-bond acceptors (Lipinski definition) is 5. The van der Waals surface area contributed by atoms with Crippen molar-refractivity contribution < 1.29 is 22.3 Å². The number of amides is 1. The van der Waals surface area contributed by atoms with Crippen molar-refractivity contribution in [2.24, 2.45) is 12.8 Å². The molecule has 194 valence electrons. The largest absolute Gasteiger partial charge is 0.495 e. The maximum atomic E-state index is 12.0. The second kappa shape index (κ2) is 9.12. The second-order valence-corrected chi connectivity index (χ2v) is 10.9. The molecule has 37 heavy (non-hydrogen) atoms. The van der Waals surface area contributed by atoms with Gasteiger partial charge in [-0.05, 0) is 93.7 Å². The van der Waals surface area contributed by atoms with E-state index in [2.05, 4.69) is 20.5 Å². The predicted molar refractivity (Wildman–Crippen MR) is 149 cm³/mol. The van der Waals surface area contributed by atoms with Gasteiger partial charge in [-0.25, -0.2) is 4.98 Å². The molecule has 2 aliphatic rings. The number of primary amides is 1. The minimum Gasteiger partial charge on any atom is -0.399 e. The lowest BCUT2D eigenvalue weighted by molar-refractivity contribution is 0.00578. The summed E-state index contributed by atoms with van der Waals surface area (Å²) in [6.45, 7) is 4.27. The molecule has 2 N–H and O–H groups in total. The first-order valence-electron chi connectivity index (χ1n) is 15.5. The van der Waals surface area contributed by atoms with E-state index in [1.165, 1.54) is 12.1 Å². The van der Waals surface area contributed by atoms with Crippen LogP contribution in [0.2, 0.25) is 0 Å². The first-order valence-corrected chi connectivity index (χ1v) is 12.5. The van der Waals surface area contributed by atoms with Crippen LogP contribution in [0.15, 0.2) is 36.5 Å². The van der Waals surface area contributed by atoms with Gasteiger partial charge in [0, 0.05) is 57.7 Å². The Balaban J connectivity index is 1.43. The van der Waals surface area contributed by atoms with Crippen molar-refractivity contribution in [3.63, 3.8) is 0 Å². The highest BCUT2D eigenvalue weighted by Gasteiger charge is 2.52. The molecular formula is C29H37BN4O3. The molecule has 0 saturated carbocycles. The van der Waals surface area contributed by atoms with Gasteiger partial charge >= 0.3 is 7.12 Å². The maximum Gasteiger partial charge on any atom is 0.495 e. The summed E-state index contributed by atoms with van der Waals surface area (Å²) in [5.74, 6) is -0.974. The molecule has 0 bridgehead atoms. The maximum absolute atomic E-state index is 12.0. The van der Waals surface area contributed by atoms with E-state index in [1.807, 2.05) is 46.9 Å². The third-order valence-electron chi connectivity index (χ3n) is 8.07. The number of rotatable bonds is 5. The van der Waals surface area contributed by atoms with Gasteiger partial charge in [0.1, 0.15) is 5.65 Å². The Labute approximate surface area is 228 Å². The minimum atomic E-state index is -2.83. The summed E-state index contributed by atoms with van der Waals surface area (Å²) in [6.07, 6.45) is 4.20. The topological polar surface area (TPSA) is 82.6 Å². The molecule has 0 radical (unpaired) electrons. The monoisotopic (exact) mass is 506 g/mol. The molecule has 3 aromatic rings. The summed E-state index contributed by atoms with van der Waals surface area (Å²) in [5, 5.41) is 0.959. The molecule has 5 rings (SSSR count). The number of hydrogen-bond donors (Lipinski definition) is 1. The highest BCUT2D eigenvalue weighted by atomic mass is 16.7. The van der Waals surface area contributed by atoms with Crippen LogP contribution in [-0.4, -0.2) is 51.8 Å². The summed E-state index contributed by atoms with van der Waals surface area (Å²) >= 11 is 0. The highest BCUT2D eigenvalue weighted by molar-refractivity contribution is 6.65. The van der Waals surface area contributed by atoms with Crippen LogP contribution in [0.1, 0.15) is 75.1 Å². The van der Waals surface area contributed by atoms with E-state index in [1.54, 1.807) is 6.20 Å². The van der Waals surface area contributed by atoms with Crippen LogP contribution in [0.3, 0.4) is 0 Å². The molecule has 0 aliphatic carbocycles. The minimum absolute atomic E-state index is 0.294. The van der Waals surface area contributed by atoms with Gasteiger partial charge in [0.25, 0.3) is 0 Å². The van der Waals surface area contributed by atoms with E-state index in [4.69, 9.17) is 23.3 Å². The number of carbonyl (C=O) groups is 1. The zero-order chi connectivity index (χ0) is 31.7. The average Bonchev–Trinajstić information content (AvgIpc) is 3.32. The fraction of sp³-hybridized carbons (Fsp3) is 0.448. The van der Waals surface area contributed by atoms with Crippen LogP contribution in [0.5, 0.6) is 0 Å². The van der Waals surface area contributed by atoms with Crippen LogP contribution in [0.4, 0.5) is 0 Å².